The molecule has 0 aliphatic heterocycles. The van der Waals surface area contributed by atoms with E-state index in [2.05, 4.69) is 20.8 Å². The zero-order valence-corrected chi connectivity index (χ0v) is 11.0. The Morgan fingerprint density at radius 3 is 1.88 bits per heavy atom. The van der Waals surface area contributed by atoms with Gasteiger partial charge in [0.1, 0.15) is 5.75 Å². The van der Waals surface area contributed by atoms with Gasteiger partial charge in [-0.1, -0.05) is 71.1 Å². The minimum absolute atomic E-state index is 0.421. The zero-order valence-electron chi connectivity index (χ0n) is 11.0. The molecular weight excluding hydrogens is 196 g/mol. The molecule has 92 valence electrons. The van der Waals surface area contributed by atoms with E-state index in [0.29, 0.717) is 5.75 Å². The fourth-order valence-corrected chi connectivity index (χ4v) is 1.49. The third-order valence-corrected chi connectivity index (χ3v) is 2.47. The molecule has 0 aromatic heterocycles. The van der Waals surface area contributed by atoms with Gasteiger partial charge in [-0.15, -0.1) is 0 Å². The molecule has 0 aliphatic rings. The second-order valence-electron chi connectivity index (χ2n) is 4.09. The largest absolute Gasteiger partial charge is 0.508 e. The molecule has 0 unspecified atom stereocenters. The standard InChI is InChI=1S/C9H12O.C6H14/c1-2-5-8-6-3-4-7-9(8)10;1-3-5-6-4-2/h3-4,6-7,10H,2,5H2,1H3;3-6H2,1-2H3. The molecule has 1 rings (SSSR count). The molecule has 0 amide bonds. The summed E-state index contributed by atoms with van der Waals surface area (Å²) in [7, 11) is 0. The summed E-state index contributed by atoms with van der Waals surface area (Å²) in [5, 5.41) is 9.24. The van der Waals surface area contributed by atoms with Crippen molar-refractivity contribution in [1.29, 1.82) is 0 Å². The number of aryl methyl sites for hydroxylation is 1. The Balaban J connectivity index is 0.000000325. The lowest BCUT2D eigenvalue weighted by Crippen LogP contribution is -1.81. The van der Waals surface area contributed by atoms with E-state index in [-0.39, 0.29) is 0 Å². The predicted molar refractivity (Wildman–Crippen MR) is 71.9 cm³/mol. The van der Waals surface area contributed by atoms with Crippen LogP contribution < -0.4 is 0 Å². The van der Waals surface area contributed by atoms with Crippen molar-refractivity contribution in [3.8, 4) is 5.75 Å². The van der Waals surface area contributed by atoms with Crippen LogP contribution in [0.15, 0.2) is 24.3 Å². The number of aromatic hydroxyl groups is 1. The van der Waals surface area contributed by atoms with Gasteiger partial charge in [0.15, 0.2) is 0 Å². The summed E-state index contributed by atoms with van der Waals surface area (Å²) in [4.78, 5) is 0. The lowest BCUT2D eigenvalue weighted by molar-refractivity contribution is 0.467. The van der Waals surface area contributed by atoms with Gasteiger partial charge in [0.2, 0.25) is 0 Å². The van der Waals surface area contributed by atoms with Crippen molar-refractivity contribution in [2.24, 2.45) is 0 Å². The number of rotatable bonds is 5. The van der Waals surface area contributed by atoms with E-state index in [1.54, 1.807) is 6.07 Å². The molecule has 0 saturated carbocycles. The molecule has 1 aromatic carbocycles. The molecule has 1 heteroatoms. The summed E-state index contributed by atoms with van der Waals surface area (Å²) < 4.78 is 0. The molecule has 0 fully saturated rings. The van der Waals surface area contributed by atoms with Gasteiger partial charge in [0, 0.05) is 0 Å². The normalized spacial score (nSPS) is 9.44. The molecular formula is C15H26O. The minimum Gasteiger partial charge on any atom is -0.508 e. The van der Waals surface area contributed by atoms with Gasteiger partial charge < -0.3 is 5.11 Å². The fraction of sp³-hybridized carbons (Fsp3) is 0.600. The first-order valence-corrected chi connectivity index (χ1v) is 6.53. The number of phenols is 1. The lowest BCUT2D eigenvalue weighted by atomic mass is 10.1. The smallest absolute Gasteiger partial charge is 0.118 e. The van der Waals surface area contributed by atoms with E-state index in [0.717, 1.165) is 18.4 Å². The first kappa shape index (κ1) is 15.0. The molecule has 0 spiro atoms. The van der Waals surface area contributed by atoms with E-state index >= 15 is 0 Å². The second-order valence-corrected chi connectivity index (χ2v) is 4.09. The molecule has 0 radical (unpaired) electrons. The van der Waals surface area contributed by atoms with Crippen LogP contribution in [0.1, 0.15) is 58.4 Å². The number of unbranched alkanes of at least 4 members (excludes halogenated alkanes) is 3. The van der Waals surface area contributed by atoms with Crippen LogP contribution in [0.4, 0.5) is 0 Å². The highest BCUT2D eigenvalue weighted by Gasteiger charge is 1.95. The summed E-state index contributed by atoms with van der Waals surface area (Å²) in [5.74, 6) is 0.421. The highest BCUT2D eigenvalue weighted by molar-refractivity contribution is 5.31. The van der Waals surface area contributed by atoms with Crippen molar-refractivity contribution in [3.63, 3.8) is 0 Å². The number of hydrogen-bond acceptors (Lipinski definition) is 1. The number of phenolic OH excluding ortho intramolecular Hbond substituents is 1. The molecule has 1 N–H and O–H groups in total. The van der Waals surface area contributed by atoms with E-state index in [1.807, 2.05) is 18.2 Å². The van der Waals surface area contributed by atoms with Crippen LogP contribution in [0.5, 0.6) is 5.75 Å². The Bertz CT molecular complexity index is 251. The SMILES string of the molecule is CCCCCC.CCCc1ccccc1O. The van der Waals surface area contributed by atoms with Crippen molar-refractivity contribution in [1.82, 2.24) is 0 Å². The van der Waals surface area contributed by atoms with Gasteiger partial charge in [-0.25, -0.2) is 0 Å². The van der Waals surface area contributed by atoms with Gasteiger partial charge in [-0.2, -0.15) is 0 Å². The third-order valence-electron chi connectivity index (χ3n) is 2.47. The highest BCUT2D eigenvalue weighted by atomic mass is 16.3. The van der Waals surface area contributed by atoms with E-state index in [4.69, 9.17) is 0 Å². The summed E-state index contributed by atoms with van der Waals surface area (Å²) in [6, 6.07) is 7.48. The van der Waals surface area contributed by atoms with E-state index in [9.17, 15) is 5.11 Å². The summed E-state index contributed by atoms with van der Waals surface area (Å²) >= 11 is 0. The maximum Gasteiger partial charge on any atom is 0.118 e. The van der Waals surface area contributed by atoms with Crippen LogP contribution in [0, 0.1) is 0 Å². The van der Waals surface area contributed by atoms with Crippen molar-refractivity contribution < 1.29 is 5.11 Å². The Hall–Kier alpha value is -0.980. The Labute approximate surface area is 101 Å². The Morgan fingerprint density at radius 2 is 1.44 bits per heavy atom. The quantitative estimate of drug-likeness (QED) is 0.700. The minimum atomic E-state index is 0.421. The molecule has 1 aromatic rings. The number of benzene rings is 1. The zero-order chi connectivity index (χ0) is 12.2. The fourth-order valence-electron chi connectivity index (χ4n) is 1.49. The topological polar surface area (TPSA) is 20.2 Å². The van der Waals surface area contributed by atoms with Gasteiger partial charge in [-0.3, -0.25) is 0 Å². The average molecular weight is 222 g/mol. The van der Waals surface area contributed by atoms with Crippen molar-refractivity contribution in [2.45, 2.75) is 59.3 Å². The van der Waals surface area contributed by atoms with Crippen LogP contribution in [-0.2, 0) is 6.42 Å². The molecule has 0 heterocycles. The predicted octanol–water partition coefficient (Wildman–Crippen LogP) is 4.93. The molecule has 0 bridgehead atoms. The Kier molecular flexibility index (Phi) is 9.89. The molecule has 1 nitrogen and oxygen atoms in total. The van der Waals surface area contributed by atoms with Gasteiger partial charge in [-0.05, 0) is 18.1 Å². The highest BCUT2D eigenvalue weighted by Crippen LogP contribution is 2.16. The molecule has 0 atom stereocenters. The first-order valence-electron chi connectivity index (χ1n) is 6.53. The first-order chi connectivity index (χ1) is 7.76. The maximum atomic E-state index is 9.24. The average Bonchev–Trinajstić information content (AvgIpc) is 2.31. The van der Waals surface area contributed by atoms with Crippen LogP contribution >= 0.6 is 0 Å². The van der Waals surface area contributed by atoms with E-state index in [1.165, 1.54) is 25.7 Å². The monoisotopic (exact) mass is 222 g/mol. The number of hydrogen-bond donors (Lipinski definition) is 1. The van der Waals surface area contributed by atoms with Crippen molar-refractivity contribution >= 4 is 0 Å². The van der Waals surface area contributed by atoms with Crippen LogP contribution in [-0.4, -0.2) is 5.11 Å². The van der Waals surface area contributed by atoms with Crippen molar-refractivity contribution in [2.75, 3.05) is 0 Å². The van der Waals surface area contributed by atoms with Gasteiger partial charge >= 0.3 is 0 Å². The lowest BCUT2D eigenvalue weighted by Gasteiger charge is -1.99. The second kappa shape index (κ2) is 10.5. The third kappa shape index (κ3) is 7.33. The summed E-state index contributed by atoms with van der Waals surface area (Å²) in [5.41, 5.74) is 1.05. The maximum absolute atomic E-state index is 9.24. The molecule has 0 aliphatic carbocycles. The van der Waals surface area contributed by atoms with Crippen LogP contribution in [0.3, 0.4) is 0 Å². The Morgan fingerprint density at radius 1 is 0.875 bits per heavy atom. The van der Waals surface area contributed by atoms with Gasteiger partial charge in [0.25, 0.3) is 0 Å². The molecule has 16 heavy (non-hydrogen) atoms. The summed E-state index contributed by atoms with van der Waals surface area (Å²) in [6.45, 7) is 6.57. The van der Waals surface area contributed by atoms with Crippen LogP contribution in [0.2, 0.25) is 0 Å². The van der Waals surface area contributed by atoms with Crippen molar-refractivity contribution in [3.05, 3.63) is 29.8 Å². The van der Waals surface area contributed by atoms with Gasteiger partial charge in [0.05, 0.1) is 0 Å². The molecule has 0 saturated heterocycles. The summed E-state index contributed by atoms with van der Waals surface area (Å²) in [6.07, 6.45) is 7.58. The van der Waals surface area contributed by atoms with E-state index < -0.39 is 0 Å². The van der Waals surface area contributed by atoms with Crippen LogP contribution in [0.25, 0.3) is 0 Å². The number of para-hydroxylation sites is 1.